The van der Waals surface area contributed by atoms with Gasteiger partial charge in [-0.3, -0.25) is 34.0 Å². The van der Waals surface area contributed by atoms with Crippen molar-refractivity contribution >= 4 is 11.9 Å². The summed E-state index contributed by atoms with van der Waals surface area (Å²) in [5, 5.41) is 11.1. The number of nitrogens with one attached hydrogen (secondary N) is 2. The predicted molar refractivity (Wildman–Crippen MR) is 491 cm³/mol. The van der Waals surface area contributed by atoms with Crippen LogP contribution in [0.3, 0.4) is 0 Å². The van der Waals surface area contributed by atoms with Gasteiger partial charge < -0.3 is 28.5 Å². The number of piperidine rings is 7. The summed E-state index contributed by atoms with van der Waals surface area (Å²) in [5.41, 5.74) is 8.22. The number of hydrogen-bond donors (Lipinski definition) is 2. The number of carbonyl (C=O) groups excluding carboxylic acids is 1. The number of aromatic amines is 2. The van der Waals surface area contributed by atoms with Gasteiger partial charge in [0.1, 0.15) is 17.8 Å². The lowest BCUT2D eigenvalue weighted by molar-refractivity contribution is -0.0573. The van der Waals surface area contributed by atoms with Crippen molar-refractivity contribution in [3.8, 4) is 0 Å². The average Bonchev–Trinajstić information content (AvgIpc) is 1.67. The van der Waals surface area contributed by atoms with Gasteiger partial charge in [-0.05, 0) is 301 Å². The van der Waals surface area contributed by atoms with Crippen LogP contribution in [0.4, 0.5) is 13.6 Å². The van der Waals surface area contributed by atoms with E-state index < -0.39 is 5.92 Å². The van der Waals surface area contributed by atoms with Gasteiger partial charge in [0.2, 0.25) is 17.6 Å². The SMILES string of the molecule is C.C.CC(C)(C)C1CCN(Cc2ccn[nH]2)CC1.CC(C)(C)C1CCN(Cc2ncco2)CC1.CC(C)C1CCN(C2CCC(F)(F)CC2)CC1.CCOC(=O)N1CCC[C@@H](C(C)C)C1.Cc1cc(CN2CCC(C(C)(C)C)CC2)no1.Cc1nc2ncccn2c1CN1CCC(C(C)(C)C)CC1.Cc1ncc(CN2CCC(C(C)(C)C)CC2)[nH]1. The quantitative estimate of drug-likeness (QED) is 0.105. The number of rotatable bonds is 14. The summed E-state index contributed by atoms with van der Waals surface area (Å²) in [5.74, 6) is 8.44. The zero-order valence-corrected chi connectivity index (χ0v) is 78.5. The number of oxazole rings is 1. The first kappa shape index (κ1) is 103. The molecule has 684 valence electrons. The second kappa shape index (κ2) is 48.2. The number of alkyl halides is 2. The van der Waals surface area contributed by atoms with Crippen molar-refractivity contribution in [2.75, 3.05) is 98.2 Å². The lowest BCUT2D eigenvalue weighted by Crippen LogP contribution is -2.45. The van der Waals surface area contributed by atoms with Crippen molar-refractivity contribution in [2.24, 2.45) is 80.3 Å². The molecule has 22 heteroatoms. The fourth-order valence-corrected chi connectivity index (χ4v) is 19.2. The number of aromatic nitrogens is 9. The van der Waals surface area contributed by atoms with Gasteiger partial charge in [0.05, 0.1) is 36.4 Å². The highest BCUT2D eigenvalue weighted by molar-refractivity contribution is 5.67. The molecule has 7 aliphatic heterocycles. The molecule has 20 nitrogen and oxygen atoms in total. The molecule has 1 aliphatic carbocycles. The summed E-state index contributed by atoms with van der Waals surface area (Å²) in [4.78, 5) is 49.0. The van der Waals surface area contributed by atoms with E-state index in [2.05, 4.69) is 225 Å². The lowest BCUT2D eigenvalue weighted by Gasteiger charge is -2.41. The number of halogens is 2. The van der Waals surface area contributed by atoms with Crippen LogP contribution in [0, 0.1) is 101 Å². The maximum atomic E-state index is 13.1. The maximum absolute atomic E-state index is 13.1. The van der Waals surface area contributed by atoms with Crippen molar-refractivity contribution < 1.29 is 27.3 Å². The third kappa shape index (κ3) is 34.7. The molecule has 1 saturated carbocycles. The van der Waals surface area contributed by atoms with Gasteiger partial charge >= 0.3 is 6.09 Å². The molecular formula is C98H174F2N16O4. The van der Waals surface area contributed by atoms with Crippen LogP contribution in [-0.2, 0) is 37.5 Å². The number of amides is 1. The normalized spacial score (nSPS) is 20.9. The van der Waals surface area contributed by atoms with Gasteiger partial charge in [0.15, 0.2) is 0 Å². The standard InChI is InChI=1S/C17H26N4.C14H25F2N.C14H25N3.C14H24N2O.C13H23N3.C13H22N2O.C11H21NO2.2CH4/c1-13-15(21-9-5-8-18-16(21)19-13)12-20-10-6-14(7-11-20)17(2,3)4;1-11(2)12-5-9-17(10-6-12)13-3-7-14(15,16)8-4-13;1-11-15-9-13(16-11)10-17-7-5-12(6-8-17)14(2,3)4;1-11-9-13(15-17-11)10-16-7-5-12(6-8-16)14(2,3)4;1-13(2,3)11-5-8-16(9-6-11)10-12-4-7-14-15-12;1-13(2,3)11-4-7-15(8-5-11)10-12-14-6-9-16-12;1-4-14-11(13)12-7-5-6-10(8-12)9(2)3;;/h5,8-9,14H,6-7,10-12H2,1-4H3;11-13H,3-10H2,1-2H3;9,12H,5-8,10H2,1-4H3,(H,15,16);9,12H,5-8,10H2,1-4H3;4,7,11H,5-6,8-10H2,1-3H3,(H,14,15);6,9,11H,4-5,7-8,10H2,1-3H3;9-10H,4-8H2,1-3H3;2*1H4/t;;;;;;10-;;/m......1../s1. The Balaban J connectivity index is 0.000000217. The summed E-state index contributed by atoms with van der Waals surface area (Å²) in [6.07, 6.45) is 30.5. The second-order valence-corrected chi connectivity index (χ2v) is 42.4. The molecule has 14 rings (SSSR count). The number of H-pyrrole nitrogens is 2. The first-order valence-corrected chi connectivity index (χ1v) is 46.3. The summed E-state index contributed by atoms with van der Waals surface area (Å²) in [6.45, 7) is 73.6. The zero-order chi connectivity index (χ0) is 86.2. The van der Waals surface area contributed by atoms with Crippen molar-refractivity contribution in [2.45, 2.75) is 334 Å². The molecule has 0 radical (unpaired) electrons. The van der Waals surface area contributed by atoms with E-state index in [-0.39, 0.29) is 33.8 Å². The number of hydrogen-bond acceptors (Lipinski definition) is 16. The van der Waals surface area contributed by atoms with Crippen LogP contribution in [0.2, 0.25) is 0 Å². The fraction of sp³-hybridized carbons (Fsp3) is 0.806. The van der Waals surface area contributed by atoms with Crippen LogP contribution in [0.25, 0.3) is 5.78 Å². The molecule has 0 unspecified atom stereocenters. The largest absolute Gasteiger partial charge is 0.450 e. The minimum atomic E-state index is -2.38. The molecule has 0 aromatic carbocycles. The zero-order valence-electron chi connectivity index (χ0n) is 78.5. The van der Waals surface area contributed by atoms with Crippen LogP contribution in [-0.4, -0.2) is 195 Å². The third-order valence-electron chi connectivity index (χ3n) is 27.8. The fourth-order valence-electron chi connectivity index (χ4n) is 19.2. The number of ether oxygens (including phenoxy) is 1. The molecule has 8 fully saturated rings. The van der Waals surface area contributed by atoms with Crippen LogP contribution < -0.4 is 0 Å². The third-order valence-corrected chi connectivity index (χ3v) is 27.8. The number of carbonyl (C=O) groups is 1. The van der Waals surface area contributed by atoms with E-state index in [9.17, 15) is 13.6 Å². The molecular weight excluding hydrogens is 1500 g/mol. The molecule has 0 spiro atoms. The van der Waals surface area contributed by atoms with E-state index in [1.54, 1.807) is 18.7 Å². The Morgan fingerprint density at radius 1 is 0.550 bits per heavy atom. The van der Waals surface area contributed by atoms with E-state index in [1.165, 1.54) is 166 Å². The lowest BCUT2D eigenvalue weighted by atomic mass is 9.75. The number of fused-ring (bicyclic) bond motifs is 1. The highest BCUT2D eigenvalue weighted by atomic mass is 19.3. The molecule has 6 aromatic rings. The van der Waals surface area contributed by atoms with Gasteiger partial charge in [-0.15, -0.1) is 0 Å². The van der Waals surface area contributed by atoms with E-state index in [0.717, 1.165) is 141 Å². The van der Waals surface area contributed by atoms with Crippen LogP contribution in [0.15, 0.2) is 64.4 Å². The smallest absolute Gasteiger partial charge is 0.409 e. The Morgan fingerprint density at radius 3 is 1.43 bits per heavy atom. The van der Waals surface area contributed by atoms with Gasteiger partial charge in [-0.1, -0.05) is 152 Å². The monoisotopic (exact) mass is 1680 g/mol. The highest BCUT2D eigenvalue weighted by Gasteiger charge is 2.39. The van der Waals surface area contributed by atoms with Crippen LogP contribution in [0.5, 0.6) is 0 Å². The molecule has 7 saturated heterocycles. The Bertz CT molecular complexity index is 3560. The Morgan fingerprint density at radius 2 is 1.02 bits per heavy atom. The number of likely N-dealkylation sites (tertiary alicyclic amines) is 7. The first-order chi connectivity index (χ1) is 55.6. The maximum Gasteiger partial charge on any atom is 0.409 e. The molecule has 120 heavy (non-hydrogen) atoms. The van der Waals surface area contributed by atoms with Gasteiger partial charge in [-0.25, -0.2) is 33.5 Å². The Hall–Kier alpha value is -5.65. The number of nitrogens with zero attached hydrogens (tertiary/aromatic N) is 14. The first-order valence-electron chi connectivity index (χ1n) is 46.3. The Labute approximate surface area is 728 Å². The molecule has 6 aromatic heterocycles. The van der Waals surface area contributed by atoms with Crippen molar-refractivity contribution in [1.82, 2.24) is 79.0 Å². The highest BCUT2D eigenvalue weighted by Crippen LogP contribution is 2.41. The Kier molecular flexibility index (Phi) is 41.4. The molecule has 1 atom stereocenters. The topological polar surface area (TPSA) is 189 Å². The van der Waals surface area contributed by atoms with E-state index >= 15 is 0 Å². The molecule has 1 amide bonds. The van der Waals surface area contributed by atoms with Crippen molar-refractivity contribution in [3.63, 3.8) is 0 Å². The summed E-state index contributed by atoms with van der Waals surface area (Å²) in [6, 6.07) is 6.51. The van der Waals surface area contributed by atoms with Gasteiger partial charge in [-0.2, -0.15) is 5.10 Å². The number of aryl methyl sites for hydroxylation is 3. The van der Waals surface area contributed by atoms with Gasteiger partial charge in [0.25, 0.3) is 0 Å². The summed E-state index contributed by atoms with van der Waals surface area (Å²) < 4.78 is 43.7. The summed E-state index contributed by atoms with van der Waals surface area (Å²) >= 11 is 0. The average molecular weight is 1680 g/mol. The summed E-state index contributed by atoms with van der Waals surface area (Å²) in [7, 11) is 0. The van der Waals surface area contributed by atoms with Crippen molar-refractivity contribution in [1.29, 1.82) is 0 Å². The minimum Gasteiger partial charge on any atom is -0.450 e. The van der Waals surface area contributed by atoms with E-state index in [1.807, 2.05) is 50.2 Å². The molecule has 2 N–H and O–H groups in total. The predicted octanol–water partition coefficient (Wildman–Crippen LogP) is 22.8. The number of imidazole rings is 2. The van der Waals surface area contributed by atoms with Gasteiger partial charge in [0, 0.05) is 100 Å². The van der Waals surface area contributed by atoms with E-state index in [0.29, 0.717) is 64.4 Å². The van der Waals surface area contributed by atoms with E-state index in [4.69, 9.17) is 13.7 Å². The molecule has 8 aliphatic rings. The molecule has 13 heterocycles. The van der Waals surface area contributed by atoms with Crippen molar-refractivity contribution in [3.05, 3.63) is 101 Å². The second-order valence-electron chi connectivity index (χ2n) is 42.4. The molecule has 0 bridgehead atoms. The minimum absolute atomic E-state index is 0. The van der Waals surface area contributed by atoms with Crippen LogP contribution in [0.1, 0.15) is 315 Å². The van der Waals surface area contributed by atoms with Crippen LogP contribution >= 0.6 is 0 Å².